The van der Waals surface area contributed by atoms with Crippen molar-refractivity contribution >= 4 is 28.5 Å². The Balaban J connectivity index is 2.39. The lowest BCUT2D eigenvalue weighted by atomic mass is 10.1. The van der Waals surface area contributed by atoms with Crippen LogP contribution in [-0.2, 0) is 0 Å². The lowest BCUT2D eigenvalue weighted by molar-refractivity contribution is 0.0998. The molecular weight excluding hydrogens is 341 g/mol. The summed E-state index contributed by atoms with van der Waals surface area (Å²) in [5.74, 6) is 0.690. The van der Waals surface area contributed by atoms with E-state index in [1.807, 2.05) is 37.3 Å². The molecule has 0 unspecified atom stereocenters. The zero-order valence-electron chi connectivity index (χ0n) is 9.81. The number of ether oxygens (including phenoxy) is 1. The number of rotatable bonds is 3. The van der Waals surface area contributed by atoms with Crippen LogP contribution < -0.4 is 10.5 Å². The summed E-state index contributed by atoms with van der Waals surface area (Å²) in [6.45, 7) is 1.94. The van der Waals surface area contributed by atoms with Gasteiger partial charge in [-0.1, -0.05) is 12.1 Å². The molecule has 2 rings (SSSR count). The maximum absolute atomic E-state index is 11.3. The molecule has 2 aromatic carbocycles. The smallest absolute Gasteiger partial charge is 0.252 e. The Morgan fingerprint density at radius 3 is 2.67 bits per heavy atom. The molecule has 3 nitrogen and oxygen atoms in total. The van der Waals surface area contributed by atoms with Crippen LogP contribution in [0.4, 0.5) is 0 Å². The predicted octanol–water partition coefficient (Wildman–Crippen LogP) is 3.49. The molecule has 0 saturated heterocycles. The van der Waals surface area contributed by atoms with Gasteiger partial charge in [-0.15, -0.1) is 0 Å². The van der Waals surface area contributed by atoms with Gasteiger partial charge in [-0.05, 0) is 65.4 Å². The summed E-state index contributed by atoms with van der Waals surface area (Å²) in [4.78, 5) is 11.3. The van der Waals surface area contributed by atoms with Gasteiger partial charge in [-0.25, -0.2) is 0 Å². The number of amides is 1. The lowest BCUT2D eigenvalue weighted by Crippen LogP contribution is -2.12. The van der Waals surface area contributed by atoms with Crippen LogP contribution in [0, 0.1) is 10.5 Å². The average molecular weight is 353 g/mol. The molecule has 0 bridgehead atoms. The second-order valence-corrected chi connectivity index (χ2v) is 5.17. The van der Waals surface area contributed by atoms with Gasteiger partial charge in [-0.2, -0.15) is 0 Å². The van der Waals surface area contributed by atoms with Crippen LogP contribution in [0.15, 0.2) is 42.5 Å². The minimum Gasteiger partial charge on any atom is -0.456 e. The van der Waals surface area contributed by atoms with E-state index in [0.717, 1.165) is 9.13 Å². The fourth-order valence-corrected chi connectivity index (χ4v) is 2.09. The first-order chi connectivity index (χ1) is 8.56. The Morgan fingerprint density at radius 1 is 1.22 bits per heavy atom. The third kappa shape index (κ3) is 3.01. The number of carbonyl (C=O) groups excluding carboxylic acids is 1. The maximum Gasteiger partial charge on any atom is 0.252 e. The number of benzene rings is 2. The van der Waals surface area contributed by atoms with Crippen molar-refractivity contribution in [3.8, 4) is 11.5 Å². The quantitative estimate of drug-likeness (QED) is 0.859. The molecule has 92 valence electrons. The summed E-state index contributed by atoms with van der Waals surface area (Å²) >= 11 is 2.21. The van der Waals surface area contributed by atoms with E-state index in [4.69, 9.17) is 10.5 Å². The number of nitrogens with two attached hydrogens (primary N) is 1. The highest BCUT2D eigenvalue weighted by atomic mass is 127. The first-order valence-electron chi connectivity index (χ1n) is 5.40. The highest BCUT2D eigenvalue weighted by molar-refractivity contribution is 14.1. The molecule has 1 amide bonds. The second-order valence-electron chi connectivity index (χ2n) is 3.92. The zero-order chi connectivity index (χ0) is 13.1. The third-order valence-electron chi connectivity index (χ3n) is 2.43. The summed E-state index contributed by atoms with van der Waals surface area (Å²) in [5.41, 5.74) is 6.73. The van der Waals surface area contributed by atoms with Crippen LogP contribution in [0.5, 0.6) is 11.5 Å². The number of hydrogen-bond acceptors (Lipinski definition) is 2. The van der Waals surface area contributed by atoms with Gasteiger partial charge < -0.3 is 10.5 Å². The summed E-state index contributed by atoms with van der Waals surface area (Å²) in [6, 6.07) is 12.9. The van der Waals surface area contributed by atoms with Gasteiger partial charge in [-0.3, -0.25) is 4.79 Å². The molecule has 0 radical (unpaired) electrons. The molecule has 0 spiro atoms. The molecule has 4 heteroatoms. The maximum atomic E-state index is 11.3. The summed E-state index contributed by atoms with van der Waals surface area (Å²) in [6.07, 6.45) is 0. The van der Waals surface area contributed by atoms with Crippen molar-refractivity contribution in [3.05, 3.63) is 57.2 Å². The average Bonchev–Trinajstić information content (AvgIpc) is 2.28. The van der Waals surface area contributed by atoms with E-state index < -0.39 is 5.91 Å². The Bertz CT molecular complexity index is 596. The van der Waals surface area contributed by atoms with Crippen LogP contribution in [0.3, 0.4) is 0 Å². The van der Waals surface area contributed by atoms with Crippen molar-refractivity contribution in [2.75, 3.05) is 0 Å². The van der Waals surface area contributed by atoms with Crippen LogP contribution in [0.2, 0.25) is 0 Å². The Morgan fingerprint density at radius 2 is 2.00 bits per heavy atom. The number of hydrogen-bond donors (Lipinski definition) is 1. The highest BCUT2D eigenvalue weighted by Crippen LogP contribution is 2.27. The van der Waals surface area contributed by atoms with Crippen LogP contribution in [0.25, 0.3) is 0 Å². The molecule has 2 aromatic rings. The van der Waals surface area contributed by atoms with Gasteiger partial charge in [0.15, 0.2) is 0 Å². The minimum atomic E-state index is -0.490. The molecule has 18 heavy (non-hydrogen) atoms. The van der Waals surface area contributed by atoms with Gasteiger partial charge in [0.25, 0.3) is 5.91 Å². The summed E-state index contributed by atoms with van der Waals surface area (Å²) < 4.78 is 6.79. The molecule has 2 N–H and O–H groups in total. The van der Waals surface area contributed by atoms with Crippen molar-refractivity contribution in [2.24, 2.45) is 5.73 Å². The van der Waals surface area contributed by atoms with Crippen molar-refractivity contribution in [2.45, 2.75) is 6.92 Å². The third-order valence-corrected chi connectivity index (χ3v) is 3.10. The predicted molar refractivity (Wildman–Crippen MR) is 78.9 cm³/mol. The summed E-state index contributed by atoms with van der Waals surface area (Å²) in [7, 11) is 0. The van der Waals surface area contributed by atoms with Crippen molar-refractivity contribution in [3.63, 3.8) is 0 Å². The largest absolute Gasteiger partial charge is 0.456 e. The van der Waals surface area contributed by atoms with Crippen LogP contribution in [-0.4, -0.2) is 5.91 Å². The van der Waals surface area contributed by atoms with E-state index in [-0.39, 0.29) is 0 Å². The first kappa shape index (κ1) is 12.9. The second kappa shape index (κ2) is 5.39. The normalized spacial score (nSPS) is 10.1. The molecule has 0 atom stereocenters. The van der Waals surface area contributed by atoms with E-state index in [9.17, 15) is 4.79 Å². The van der Waals surface area contributed by atoms with Crippen molar-refractivity contribution in [1.82, 2.24) is 0 Å². The highest BCUT2D eigenvalue weighted by Gasteiger charge is 2.10. The fraction of sp³-hybridized carbons (Fsp3) is 0.0714. The van der Waals surface area contributed by atoms with Crippen LogP contribution in [0.1, 0.15) is 15.9 Å². The van der Waals surface area contributed by atoms with Gasteiger partial charge in [0.05, 0.1) is 5.56 Å². The molecular formula is C14H12INO2. The number of primary amides is 1. The molecule has 0 aliphatic rings. The SMILES string of the molecule is Cc1ccc(C(N)=O)c(Oc2cccc(I)c2)c1. The lowest BCUT2D eigenvalue weighted by Gasteiger charge is -2.10. The van der Waals surface area contributed by atoms with Gasteiger partial charge in [0.1, 0.15) is 11.5 Å². The van der Waals surface area contributed by atoms with Gasteiger partial charge in [0.2, 0.25) is 0 Å². The standard InChI is InChI=1S/C14H12INO2/c1-9-5-6-12(14(16)17)13(7-9)18-11-4-2-3-10(15)8-11/h2-8H,1H3,(H2,16,17). The molecule has 0 aromatic heterocycles. The van der Waals surface area contributed by atoms with Gasteiger partial charge in [0, 0.05) is 3.57 Å². The van der Waals surface area contributed by atoms with E-state index in [1.54, 1.807) is 12.1 Å². The topological polar surface area (TPSA) is 52.3 Å². The number of aryl methyl sites for hydroxylation is 1. The monoisotopic (exact) mass is 353 g/mol. The van der Waals surface area contributed by atoms with Crippen LogP contribution >= 0.6 is 22.6 Å². The summed E-state index contributed by atoms with van der Waals surface area (Å²) in [5, 5.41) is 0. The van der Waals surface area contributed by atoms with Gasteiger partial charge >= 0.3 is 0 Å². The minimum absolute atomic E-state index is 0.388. The fourth-order valence-electron chi connectivity index (χ4n) is 1.58. The molecule has 0 heterocycles. The Labute approximate surface area is 119 Å². The molecule has 0 saturated carbocycles. The van der Waals surface area contributed by atoms with Crippen molar-refractivity contribution < 1.29 is 9.53 Å². The zero-order valence-corrected chi connectivity index (χ0v) is 12.0. The van der Waals surface area contributed by atoms with E-state index >= 15 is 0 Å². The Kier molecular flexibility index (Phi) is 3.86. The number of halogens is 1. The van der Waals surface area contributed by atoms with E-state index in [2.05, 4.69) is 22.6 Å². The van der Waals surface area contributed by atoms with Crippen molar-refractivity contribution in [1.29, 1.82) is 0 Å². The molecule has 0 aliphatic carbocycles. The number of carbonyl (C=O) groups is 1. The van der Waals surface area contributed by atoms with E-state index in [1.165, 1.54) is 0 Å². The molecule has 0 aliphatic heterocycles. The van der Waals surface area contributed by atoms with E-state index in [0.29, 0.717) is 17.1 Å². The Hall–Kier alpha value is -1.56. The first-order valence-corrected chi connectivity index (χ1v) is 6.48. The molecule has 0 fully saturated rings.